The second kappa shape index (κ2) is 6.60. The van der Waals surface area contributed by atoms with Gasteiger partial charge in [-0.05, 0) is 39.8 Å². The smallest absolute Gasteiger partial charge is 0.272 e. The number of nitrogens with one attached hydrogen (secondary N) is 1. The van der Waals surface area contributed by atoms with Crippen molar-refractivity contribution in [1.29, 1.82) is 0 Å². The molecule has 0 aliphatic rings. The maximum atomic E-state index is 12.3. The standard InChI is InChI=1S/C16H20N4O3/c1-5-19-12(4)14(9-17-19)11(3)18-16(21)13-6-7-15(20(22)23)10(2)8-13/h6-9,11H,5H2,1-4H3,(H,18,21). The lowest BCUT2D eigenvalue weighted by Gasteiger charge is -2.14. The molecule has 1 aromatic carbocycles. The van der Waals surface area contributed by atoms with E-state index in [0.29, 0.717) is 11.1 Å². The molecule has 0 bridgehead atoms. The van der Waals surface area contributed by atoms with E-state index >= 15 is 0 Å². The zero-order chi connectivity index (χ0) is 17.1. The maximum Gasteiger partial charge on any atom is 0.272 e. The molecule has 1 aromatic heterocycles. The minimum atomic E-state index is -0.456. The van der Waals surface area contributed by atoms with Crippen LogP contribution >= 0.6 is 0 Å². The Kier molecular flexibility index (Phi) is 4.78. The molecule has 2 aromatic rings. The van der Waals surface area contributed by atoms with Gasteiger partial charge in [0.05, 0.1) is 17.2 Å². The monoisotopic (exact) mass is 316 g/mol. The van der Waals surface area contributed by atoms with Gasteiger partial charge in [-0.1, -0.05) is 0 Å². The van der Waals surface area contributed by atoms with E-state index in [9.17, 15) is 14.9 Å². The third-order valence-electron chi connectivity index (χ3n) is 3.91. The quantitative estimate of drug-likeness (QED) is 0.678. The fourth-order valence-corrected chi connectivity index (χ4v) is 2.56. The Morgan fingerprint density at radius 3 is 2.65 bits per heavy atom. The number of rotatable bonds is 5. The molecule has 7 heteroatoms. The van der Waals surface area contributed by atoms with Crippen LogP contribution in [0.4, 0.5) is 5.69 Å². The number of amides is 1. The van der Waals surface area contributed by atoms with E-state index in [2.05, 4.69) is 10.4 Å². The highest BCUT2D eigenvalue weighted by atomic mass is 16.6. The molecular weight excluding hydrogens is 296 g/mol. The minimum Gasteiger partial charge on any atom is -0.345 e. The molecule has 0 radical (unpaired) electrons. The largest absolute Gasteiger partial charge is 0.345 e. The fourth-order valence-electron chi connectivity index (χ4n) is 2.56. The molecule has 1 N–H and O–H groups in total. The van der Waals surface area contributed by atoms with Crippen LogP contribution in [0.25, 0.3) is 0 Å². The van der Waals surface area contributed by atoms with Gasteiger partial charge in [0.15, 0.2) is 0 Å². The van der Waals surface area contributed by atoms with Crippen molar-refractivity contribution < 1.29 is 9.72 Å². The lowest BCUT2D eigenvalue weighted by atomic mass is 10.1. The summed E-state index contributed by atoms with van der Waals surface area (Å²) in [5, 5.41) is 18.0. The molecule has 2 rings (SSSR count). The number of aryl methyl sites for hydroxylation is 2. The van der Waals surface area contributed by atoms with Crippen molar-refractivity contribution in [2.75, 3.05) is 0 Å². The molecule has 0 aliphatic heterocycles. The number of carbonyl (C=O) groups is 1. The topological polar surface area (TPSA) is 90.1 Å². The van der Waals surface area contributed by atoms with Crippen LogP contribution in [0.1, 0.15) is 47.1 Å². The lowest BCUT2D eigenvalue weighted by molar-refractivity contribution is -0.385. The van der Waals surface area contributed by atoms with Crippen LogP contribution in [0.5, 0.6) is 0 Å². The van der Waals surface area contributed by atoms with E-state index in [1.807, 2.05) is 25.5 Å². The SMILES string of the molecule is CCn1ncc(C(C)NC(=O)c2ccc([N+](=O)[O-])c(C)c2)c1C. The molecule has 0 fully saturated rings. The van der Waals surface area contributed by atoms with Crippen LogP contribution in [-0.2, 0) is 6.54 Å². The first-order valence-electron chi connectivity index (χ1n) is 7.43. The van der Waals surface area contributed by atoms with E-state index in [-0.39, 0.29) is 17.6 Å². The van der Waals surface area contributed by atoms with Crippen molar-refractivity contribution in [3.8, 4) is 0 Å². The van der Waals surface area contributed by atoms with E-state index in [1.165, 1.54) is 18.2 Å². The number of benzene rings is 1. The Balaban J connectivity index is 2.16. The van der Waals surface area contributed by atoms with Gasteiger partial charge in [0.2, 0.25) is 0 Å². The first kappa shape index (κ1) is 16.7. The fraction of sp³-hybridized carbons (Fsp3) is 0.375. The number of hydrogen-bond donors (Lipinski definition) is 1. The van der Waals surface area contributed by atoms with Crippen molar-refractivity contribution in [3.05, 3.63) is 56.9 Å². The predicted molar refractivity (Wildman–Crippen MR) is 86.4 cm³/mol. The van der Waals surface area contributed by atoms with E-state index in [0.717, 1.165) is 17.8 Å². The number of aromatic nitrogens is 2. The number of nitro benzene ring substituents is 1. The van der Waals surface area contributed by atoms with Crippen LogP contribution in [0, 0.1) is 24.0 Å². The summed E-state index contributed by atoms with van der Waals surface area (Å²) >= 11 is 0. The van der Waals surface area contributed by atoms with Crippen LogP contribution in [0.3, 0.4) is 0 Å². The first-order chi connectivity index (χ1) is 10.8. The van der Waals surface area contributed by atoms with Crippen LogP contribution in [0.15, 0.2) is 24.4 Å². The Hall–Kier alpha value is -2.70. The van der Waals surface area contributed by atoms with Gasteiger partial charge in [-0.3, -0.25) is 19.6 Å². The average molecular weight is 316 g/mol. The molecule has 1 unspecified atom stereocenters. The van der Waals surface area contributed by atoms with Gasteiger partial charge < -0.3 is 5.32 Å². The second-order valence-electron chi connectivity index (χ2n) is 5.45. The molecule has 0 aliphatic carbocycles. The molecule has 1 atom stereocenters. The molecule has 1 amide bonds. The molecule has 0 saturated carbocycles. The van der Waals surface area contributed by atoms with E-state index in [1.54, 1.807) is 13.1 Å². The predicted octanol–water partition coefficient (Wildman–Crippen LogP) is 2.92. The molecule has 23 heavy (non-hydrogen) atoms. The van der Waals surface area contributed by atoms with Gasteiger partial charge in [-0.2, -0.15) is 5.10 Å². The summed E-state index contributed by atoms with van der Waals surface area (Å²) < 4.78 is 1.87. The lowest BCUT2D eigenvalue weighted by Crippen LogP contribution is -2.27. The third-order valence-corrected chi connectivity index (χ3v) is 3.91. The zero-order valence-corrected chi connectivity index (χ0v) is 13.7. The number of hydrogen-bond acceptors (Lipinski definition) is 4. The molecule has 1 heterocycles. The number of carbonyl (C=O) groups excluding carboxylic acids is 1. The summed E-state index contributed by atoms with van der Waals surface area (Å²) in [5.74, 6) is -0.265. The van der Waals surface area contributed by atoms with Gasteiger partial charge in [0.1, 0.15) is 0 Å². The maximum absolute atomic E-state index is 12.3. The van der Waals surface area contributed by atoms with Crippen molar-refractivity contribution in [2.45, 2.75) is 40.3 Å². The Bertz CT molecular complexity index is 752. The first-order valence-corrected chi connectivity index (χ1v) is 7.43. The van der Waals surface area contributed by atoms with Crippen LogP contribution < -0.4 is 5.32 Å². The van der Waals surface area contributed by atoms with Crippen LogP contribution in [0.2, 0.25) is 0 Å². The second-order valence-corrected chi connectivity index (χ2v) is 5.45. The highest BCUT2D eigenvalue weighted by molar-refractivity contribution is 5.95. The summed E-state index contributed by atoms with van der Waals surface area (Å²) in [4.78, 5) is 22.7. The highest BCUT2D eigenvalue weighted by Gasteiger charge is 2.18. The van der Waals surface area contributed by atoms with Gasteiger partial charge >= 0.3 is 0 Å². The highest BCUT2D eigenvalue weighted by Crippen LogP contribution is 2.20. The number of nitrogens with zero attached hydrogens (tertiary/aromatic N) is 3. The van der Waals surface area contributed by atoms with E-state index in [4.69, 9.17) is 0 Å². The zero-order valence-electron chi connectivity index (χ0n) is 13.7. The Morgan fingerprint density at radius 1 is 1.43 bits per heavy atom. The Labute approximate surface area is 134 Å². The normalized spacial score (nSPS) is 12.0. The summed E-state index contributed by atoms with van der Waals surface area (Å²) in [5.41, 5.74) is 2.85. The van der Waals surface area contributed by atoms with Crippen molar-refractivity contribution in [1.82, 2.24) is 15.1 Å². The average Bonchev–Trinajstić information content (AvgIpc) is 2.87. The molecular formula is C16H20N4O3. The van der Waals surface area contributed by atoms with Crippen molar-refractivity contribution in [2.24, 2.45) is 0 Å². The van der Waals surface area contributed by atoms with Crippen molar-refractivity contribution >= 4 is 11.6 Å². The van der Waals surface area contributed by atoms with Gasteiger partial charge in [-0.15, -0.1) is 0 Å². The van der Waals surface area contributed by atoms with Crippen molar-refractivity contribution in [3.63, 3.8) is 0 Å². The van der Waals surface area contributed by atoms with Gasteiger partial charge in [0.25, 0.3) is 11.6 Å². The van der Waals surface area contributed by atoms with Crippen LogP contribution in [-0.4, -0.2) is 20.6 Å². The molecule has 0 spiro atoms. The molecule has 122 valence electrons. The molecule has 7 nitrogen and oxygen atoms in total. The van der Waals surface area contributed by atoms with Gasteiger partial charge in [-0.25, -0.2) is 0 Å². The minimum absolute atomic E-state index is 0.00895. The van der Waals surface area contributed by atoms with Gasteiger partial charge in [0, 0.05) is 35.0 Å². The molecule has 0 saturated heterocycles. The number of nitro groups is 1. The summed E-state index contributed by atoms with van der Waals surface area (Å²) in [7, 11) is 0. The van der Waals surface area contributed by atoms with E-state index < -0.39 is 4.92 Å². The Morgan fingerprint density at radius 2 is 2.13 bits per heavy atom. The summed E-state index contributed by atoms with van der Waals surface area (Å²) in [6.07, 6.45) is 1.75. The third kappa shape index (κ3) is 3.39. The summed E-state index contributed by atoms with van der Waals surface area (Å²) in [6, 6.07) is 4.16. The summed E-state index contributed by atoms with van der Waals surface area (Å²) in [6.45, 7) is 8.25.